The minimum atomic E-state index is -1.28. The molecular formula is C17H20N4O5. The van der Waals surface area contributed by atoms with Gasteiger partial charge in [-0.15, -0.1) is 0 Å². The number of nitrogens with zero attached hydrogens (tertiary/aromatic N) is 3. The fourth-order valence-electron chi connectivity index (χ4n) is 3.12. The lowest BCUT2D eigenvalue weighted by atomic mass is 10.1. The summed E-state index contributed by atoms with van der Waals surface area (Å²) in [7, 11) is 0. The Morgan fingerprint density at radius 3 is 2.19 bits per heavy atom. The first-order chi connectivity index (χ1) is 12.5. The van der Waals surface area contributed by atoms with Crippen molar-refractivity contribution in [3.05, 3.63) is 35.9 Å². The van der Waals surface area contributed by atoms with Crippen molar-refractivity contribution in [1.29, 1.82) is 0 Å². The molecule has 9 heteroatoms. The van der Waals surface area contributed by atoms with Gasteiger partial charge >= 0.3 is 24.1 Å². The second-order valence-electron chi connectivity index (χ2n) is 6.19. The van der Waals surface area contributed by atoms with E-state index < -0.39 is 30.1 Å². The Hall–Kier alpha value is -3.10. The van der Waals surface area contributed by atoms with Crippen molar-refractivity contribution < 1.29 is 24.3 Å². The maximum absolute atomic E-state index is 12.4. The zero-order valence-electron chi connectivity index (χ0n) is 14.1. The van der Waals surface area contributed by atoms with Gasteiger partial charge in [-0.1, -0.05) is 30.3 Å². The molecule has 26 heavy (non-hydrogen) atoms. The number of likely N-dealkylation sites (tertiary alicyclic amines) is 1. The second-order valence-corrected chi connectivity index (χ2v) is 6.19. The number of hydrogen-bond donors (Lipinski definition) is 2. The van der Waals surface area contributed by atoms with E-state index in [9.17, 15) is 24.3 Å². The number of rotatable bonds is 3. The maximum atomic E-state index is 12.4. The molecule has 2 heterocycles. The molecule has 1 unspecified atom stereocenters. The molecule has 2 N–H and O–H groups in total. The average Bonchev–Trinajstić information content (AvgIpc) is 3.29. The molecule has 2 aliphatic heterocycles. The van der Waals surface area contributed by atoms with Crippen molar-refractivity contribution in [1.82, 2.24) is 20.0 Å². The Morgan fingerprint density at radius 2 is 1.58 bits per heavy atom. The topological polar surface area (TPSA) is 110 Å². The highest BCUT2D eigenvalue weighted by atomic mass is 16.4. The molecule has 2 aliphatic rings. The summed E-state index contributed by atoms with van der Waals surface area (Å²) in [6.45, 7) is 1.34. The van der Waals surface area contributed by atoms with E-state index in [4.69, 9.17) is 0 Å². The summed E-state index contributed by atoms with van der Waals surface area (Å²) in [6.07, 6.45) is 1.80. The fourth-order valence-corrected chi connectivity index (χ4v) is 3.12. The minimum Gasteiger partial charge on any atom is -0.479 e. The van der Waals surface area contributed by atoms with Crippen LogP contribution in [0.1, 0.15) is 24.4 Å². The third-order valence-corrected chi connectivity index (χ3v) is 4.51. The quantitative estimate of drug-likeness (QED) is 0.848. The van der Waals surface area contributed by atoms with Crippen LogP contribution in [-0.2, 0) is 4.79 Å². The Labute approximate surface area is 150 Å². The summed E-state index contributed by atoms with van der Waals surface area (Å²) in [5.41, 5.74) is 0.394. The smallest absolute Gasteiger partial charge is 0.336 e. The summed E-state index contributed by atoms with van der Waals surface area (Å²) in [5, 5.41) is 11.7. The zero-order valence-corrected chi connectivity index (χ0v) is 14.1. The van der Waals surface area contributed by atoms with Crippen LogP contribution < -0.4 is 5.32 Å². The number of nitrogens with one attached hydrogen (secondary N) is 1. The first kappa shape index (κ1) is 17.7. The highest BCUT2D eigenvalue weighted by Crippen LogP contribution is 2.18. The summed E-state index contributed by atoms with van der Waals surface area (Å²) >= 11 is 0. The van der Waals surface area contributed by atoms with Gasteiger partial charge in [-0.25, -0.2) is 29.0 Å². The van der Waals surface area contributed by atoms with Crippen molar-refractivity contribution >= 4 is 24.1 Å². The van der Waals surface area contributed by atoms with Gasteiger partial charge in [0.1, 0.15) is 0 Å². The standard InChI is InChI=1S/C17H20N4O5/c22-14(23)13(12-6-2-1-3-7-12)18-15(24)20-10-11-21(17(20)26)16(25)19-8-4-5-9-19/h1-3,6-7,13H,4-5,8-11H2,(H,18,24)(H,22,23). The van der Waals surface area contributed by atoms with Gasteiger partial charge in [-0.05, 0) is 18.4 Å². The Bertz CT molecular complexity index is 717. The highest BCUT2D eigenvalue weighted by molar-refractivity contribution is 6.03. The lowest BCUT2D eigenvalue weighted by molar-refractivity contribution is -0.139. The van der Waals surface area contributed by atoms with E-state index in [1.165, 1.54) is 0 Å². The van der Waals surface area contributed by atoms with E-state index in [2.05, 4.69) is 5.32 Å². The van der Waals surface area contributed by atoms with Crippen molar-refractivity contribution in [3.8, 4) is 0 Å². The van der Waals surface area contributed by atoms with Gasteiger partial charge in [0.2, 0.25) is 0 Å². The number of amides is 6. The van der Waals surface area contributed by atoms with Gasteiger partial charge in [-0.2, -0.15) is 0 Å². The number of aliphatic carboxylic acids is 1. The highest BCUT2D eigenvalue weighted by Gasteiger charge is 2.40. The molecule has 1 aromatic carbocycles. The van der Waals surface area contributed by atoms with E-state index in [1.807, 2.05) is 0 Å². The number of carboxylic acids is 1. The van der Waals surface area contributed by atoms with E-state index >= 15 is 0 Å². The van der Waals surface area contributed by atoms with Crippen molar-refractivity contribution in [2.24, 2.45) is 0 Å². The molecule has 0 aromatic heterocycles. The molecule has 138 valence electrons. The Morgan fingerprint density at radius 1 is 0.962 bits per heavy atom. The van der Waals surface area contributed by atoms with Gasteiger partial charge in [0.25, 0.3) is 0 Å². The minimum absolute atomic E-state index is 0.0331. The second kappa shape index (κ2) is 7.42. The van der Waals surface area contributed by atoms with Gasteiger partial charge in [0, 0.05) is 13.1 Å². The predicted octanol–water partition coefficient (Wildman–Crippen LogP) is 1.48. The number of carboxylic acid groups (broad SMARTS) is 1. The number of benzene rings is 1. The lowest BCUT2D eigenvalue weighted by Crippen LogP contribution is -2.48. The predicted molar refractivity (Wildman–Crippen MR) is 90.4 cm³/mol. The Balaban J connectivity index is 1.67. The van der Waals surface area contributed by atoms with Crippen LogP contribution in [0.2, 0.25) is 0 Å². The third kappa shape index (κ3) is 3.46. The summed E-state index contributed by atoms with van der Waals surface area (Å²) in [5.74, 6) is -1.24. The molecule has 0 spiro atoms. The Kier molecular flexibility index (Phi) is 5.06. The molecule has 1 atom stereocenters. The largest absolute Gasteiger partial charge is 0.479 e. The molecule has 2 saturated heterocycles. The van der Waals surface area contributed by atoms with Crippen molar-refractivity contribution in [2.45, 2.75) is 18.9 Å². The first-order valence-corrected chi connectivity index (χ1v) is 8.45. The maximum Gasteiger partial charge on any atom is 0.336 e. The van der Waals surface area contributed by atoms with E-state index in [-0.39, 0.29) is 13.1 Å². The molecule has 9 nitrogen and oxygen atoms in total. The van der Waals surface area contributed by atoms with E-state index in [0.29, 0.717) is 18.7 Å². The third-order valence-electron chi connectivity index (χ3n) is 4.51. The van der Waals surface area contributed by atoms with Crippen LogP contribution in [0.3, 0.4) is 0 Å². The lowest BCUT2D eigenvalue weighted by Gasteiger charge is -2.23. The van der Waals surface area contributed by atoms with Crippen LogP contribution in [-0.4, -0.2) is 70.0 Å². The number of urea groups is 3. The van der Waals surface area contributed by atoms with Crippen LogP contribution in [0, 0.1) is 0 Å². The van der Waals surface area contributed by atoms with Crippen LogP contribution >= 0.6 is 0 Å². The van der Waals surface area contributed by atoms with Crippen molar-refractivity contribution in [3.63, 3.8) is 0 Å². The summed E-state index contributed by atoms with van der Waals surface area (Å²) < 4.78 is 0. The van der Waals surface area contributed by atoms with Crippen LogP contribution in [0.4, 0.5) is 14.4 Å². The summed E-state index contributed by atoms with van der Waals surface area (Å²) in [6, 6.07) is 4.97. The molecule has 0 aliphatic carbocycles. The molecule has 0 bridgehead atoms. The van der Waals surface area contributed by atoms with Crippen molar-refractivity contribution in [2.75, 3.05) is 26.2 Å². The zero-order chi connectivity index (χ0) is 18.7. The number of hydrogen-bond acceptors (Lipinski definition) is 4. The fraction of sp³-hybridized carbons (Fsp3) is 0.412. The average molecular weight is 360 g/mol. The summed E-state index contributed by atoms with van der Waals surface area (Å²) in [4.78, 5) is 52.2. The van der Waals surface area contributed by atoms with Gasteiger partial charge in [0.05, 0.1) is 13.1 Å². The number of imide groups is 2. The number of carbonyl (C=O) groups is 4. The molecule has 6 amide bonds. The van der Waals surface area contributed by atoms with Crippen LogP contribution in [0.25, 0.3) is 0 Å². The number of carbonyl (C=O) groups excluding carboxylic acids is 3. The SMILES string of the molecule is O=C(O)C(NC(=O)N1CCN(C(=O)N2CCCC2)C1=O)c1ccccc1. The van der Waals surface area contributed by atoms with Crippen LogP contribution in [0.5, 0.6) is 0 Å². The van der Waals surface area contributed by atoms with E-state index in [1.54, 1.807) is 35.2 Å². The van der Waals surface area contributed by atoms with Crippen LogP contribution in [0.15, 0.2) is 30.3 Å². The molecular weight excluding hydrogens is 340 g/mol. The molecule has 0 radical (unpaired) electrons. The van der Waals surface area contributed by atoms with Gasteiger partial charge < -0.3 is 15.3 Å². The molecule has 3 rings (SSSR count). The molecule has 2 fully saturated rings. The molecule has 0 saturated carbocycles. The normalized spacial score (nSPS) is 18.2. The monoisotopic (exact) mass is 360 g/mol. The van der Waals surface area contributed by atoms with Gasteiger partial charge in [0.15, 0.2) is 6.04 Å². The first-order valence-electron chi connectivity index (χ1n) is 8.45. The van der Waals surface area contributed by atoms with Gasteiger partial charge in [-0.3, -0.25) is 0 Å². The molecule has 1 aromatic rings. The van der Waals surface area contributed by atoms with E-state index in [0.717, 1.165) is 22.6 Å².